The summed E-state index contributed by atoms with van der Waals surface area (Å²) < 4.78 is 0. The number of nitrogens with zero attached hydrogens (tertiary/aromatic N) is 2. The molecule has 3 atom stereocenters. The van der Waals surface area contributed by atoms with E-state index in [9.17, 15) is 14.4 Å². The van der Waals surface area contributed by atoms with Gasteiger partial charge in [0, 0.05) is 59.8 Å². The summed E-state index contributed by atoms with van der Waals surface area (Å²) in [5, 5.41) is 11.8. The highest BCUT2D eigenvalue weighted by Gasteiger charge is 2.33. The molecule has 10 nitrogen and oxygen atoms in total. The van der Waals surface area contributed by atoms with Crippen molar-refractivity contribution < 1.29 is 14.4 Å². The fraction of sp³-hybridized carbons (Fsp3) is 0.353. The molecular weight excluding hydrogens is 657 g/mol. The van der Waals surface area contributed by atoms with Crippen LogP contribution < -0.4 is 21.7 Å². The van der Waals surface area contributed by atoms with Crippen LogP contribution in [0.4, 0.5) is 0 Å². The first-order valence-corrected chi connectivity index (χ1v) is 17.2. The Balaban J connectivity index is 1.55. The predicted molar refractivity (Wildman–Crippen MR) is 186 cm³/mol. The largest absolute Gasteiger partial charge is 0.361 e. The second kappa shape index (κ2) is 16.0. The summed E-state index contributed by atoms with van der Waals surface area (Å²) >= 11 is 14.5. The van der Waals surface area contributed by atoms with Gasteiger partial charge in [0.1, 0.15) is 17.1 Å². The number of aromatic amines is 1. The summed E-state index contributed by atoms with van der Waals surface area (Å²) in [4.78, 5) is 51.7. The molecule has 248 valence electrons. The molecule has 3 unspecified atom stereocenters. The summed E-state index contributed by atoms with van der Waals surface area (Å²) in [6, 6.07) is 12.6. The minimum absolute atomic E-state index is 0.113. The van der Waals surface area contributed by atoms with Crippen LogP contribution in [0.2, 0.25) is 10.0 Å². The maximum atomic E-state index is 14.2. The second-order valence-corrected chi connectivity index (χ2v) is 13.5. The summed E-state index contributed by atoms with van der Waals surface area (Å²) in [5.74, 6) is -1.04. The van der Waals surface area contributed by atoms with Crippen LogP contribution in [0.3, 0.4) is 0 Å². The molecule has 3 heterocycles. The van der Waals surface area contributed by atoms with Crippen LogP contribution in [0.5, 0.6) is 0 Å². The molecule has 6 N–H and O–H groups in total. The monoisotopic (exact) mass is 695 g/mol. The molecule has 47 heavy (non-hydrogen) atoms. The van der Waals surface area contributed by atoms with Gasteiger partial charge in [-0.15, -0.1) is 0 Å². The standard InChI is InChI=1S/C34H39Cl2N7O3S/c1-20-31(44)42-28(11-5-6-12-37)34(46)43(2)29(15-22-18-40-27-10-4-3-9-25(22)27)32(45)41-19-23-14-24(35)16-26(36)30(23)47-33-21(17-39-20)8-7-13-38-33/h3-4,7-10,13-14,16,18,20,28-29,39-40H,5-6,11-12,15,17,19,37H2,1-2H3,(H,41,45)(H,42,44). The van der Waals surface area contributed by atoms with Gasteiger partial charge in [-0.2, -0.15) is 0 Å². The molecule has 0 spiro atoms. The van der Waals surface area contributed by atoms with E-state index in [2.05, 4.69) is 25.9 Å². The van der Waals surface area contributed by atoms with Crippen molar-refractivity contribution in [3.8, 4) is 0 Å². The van der Waals surface area contributed by atoms with Crippen LogP contribution in [-0.4, -0.2) is 64.3 Å². The van der Waals surface area contributed by atoms with Gasteiger partial charge in [-0.25, -0.2) is 4.98 Å². The third-order valence-electron chi connectivity index (χ3n) is 8.35. The Morgan fingerprint density at radius 3 is 2.64 bits per heavy atom. The third kappa shape index (κ3) is 8.46. The first kappa shape index (κ1) is 34.7. The number of fused-ring (bicyclic) bond motifs is 3. The number of pyridine rings is 1. The van der Waals surface area contributed by atoms with Gasteiger partial charge in [-0.1, -0.05) is 59.2 Å². The Morgan fingerprint density at radius 1 is 1.02 bits per heavy atom. The van der Waals surface area contributed by atoms with Crippen LogP contribution in [0.1, 0.15) is 42.9 Å². The summed E-state index contributed by atoms with van der Waals surface area (Å²) in [5.41, 5.74) is 9.13. The number of hydrogen-bond donors (Lipinski definition) is 5. The van der Waals surface area contributed by atoms with Gasteiger partial charge in [0.2, 0.25) is 17.7 Å². The zero-order chi connectivity index (χ0) is 33.5. The summed E-state index contributed by atoms with van der Waals surface area (Å²) in [7, 11) is 1.61. The lowest BCUT2D eigenvalue weighted by Crippen LogP contribution is -2.56. The lowest BCUT2D eigenvalue weighted by atomic mass is 10.0. The van der Waals surface area contributed by atoms with Crippen LogP contribution in [0.25, 0.3) is 10.9 Å². The lowest BCUT2D eigenvalue weighted by Gasteiger charge is -2.31. The maximum absolute atomic E-state index is 14.2. The first-order valence-electron chi connectivity index (χ1n) is 15.6. The minimum atomic E-state index is -0.894. The van der Waals surface area contributed by atoms with Crippen molar-refractivity contribution in [3.63, 3.8) is 0 Å². The third-order valence-corrected chi connectivity index (χ3v) is 10.2. The SMILES string of the molecule is CC1NCc2cccnc2Sc2c(Cl)cc(Cl)cc2CNC(=O)C(Cc2c[nH]c3ccccc23)N(C)C(=O)C(CCCCN)NC1=O. The molecule has 0 saturated carbocycles. The van der Waals surface area contributed by atoms with Crippen LogP contribution in [0.15, 0.2) is 70.8 Å². The number of nitrogens with one attached hydrogen (secondary N) is 4. The minimum Gasteiger partial charge on any atom is -0.361 e. The van der Waals surface area contributed by atoms with Gasteiger partial charge in [0.25, 0.3) is 0 Å². The molecule has 0 saturated heterocycles. The molecule has 2 aromatic carbocycles. The number of hydrogen-bond acceptors (Lipinski definition) is 7. The normalized spacial score (nSPS) is 19.9. The number of likely N-dealkylation sites (N-methyl/N-ethyl adjacent to an activating group) is 1. The van der Waals surface area contributed by atoms with Crippen molar-refractivity contribution in [2.75, 3.05) is 13.6 Å². The number of halogens is 2. The van der Waals surface area contributed by atoms with Crippen molar-refractivity contribution in [1.29, 1.82) is 0 Å². The zero-order valence-electron chi connectivity index (χ0n) is 26.3. The van der Waals surface area contributed by atoms with E-state index in [4.69, 9.17) is 28.9 Å². The number of nitrogens with two attached hydrogens (primary N) is 1. The highest BCUT2D eigenvalue weighted by Crippen LogP contribution is 2.38. The Bertz CT molecular complexity index is 1750. The van der Waals surface area contributed by atoms with Crippen molar-refractivity contribution in [1.82, 2.24) is 30.8 Å². The van der Waals surface area contributed by atoms with E-state index in [1.165, 1.54) is 16.7 Å². The highest BCUT2D eigenvalue weighted by molar-refractivity contribution is 7.99. The topological polar surface area (TPSA) is 145 Å². The smallest absolute Gasteiger partial charge is 0.245 e. The van der Waals surface area contributed by atoms with Gasteiger partial charge >= 0.3 is 0 Å². The number of H-pyrrole nitrogens is 1. The Hall–Kier alpha value is -3.61. The first-order chi connectivity index (χ1) is 22.7. The Labute approximate surface area is 288 Å². The van der Waals surface area contributed by atoms with Gasteiger partial charge in [0.05, 0.1) is 11.1 Å². The van der Waals surface area contributed by atoms with Crippen molar-refractivity contribution in [2.24, 2.45) is 5.73 Å². The van der Waals surface area contributed by atoms with Crippen molar-refractivity contribution in [3.05, 3.63) is 87.7 Å². The van der Waals surface area contributed by atoms with Crippen molar-refractivity contribution >= 4 is 63.6 Å². The maximum Gasteiger partial charge on any atom is 0.245 e. The van der Waals surface area contributed by atoms with Crippen LogP contribution in [-0.2, 0) is 33.9 Å². The molecule has 5 rings (SSSR count). The molecule has 4 aromatic rings. The molecule has 0 aliphatic carbocycles. The average Bonchev–Trinajstić information content (AvgIpc) is 3.48. The van der Waals surface area contributed by atoms with E-state index in [0.717, 1.165) is 22.0 Å². The Kier molecular flexibility index (Phi) is 11.8. The zero-order valence-corrected chi connectivity index (χ0v) is 28.6. The lowest BCUT2D eigenvalue weighted by molar-refractivity contribution is -0.142. The number of aromatic nitrogens is 2. The number of carbonyl (C=O) groups is 3. The summed E-state index contributed by atoms with van der Waals surface area (Å²) in [6.45, 7) is 2.68. The molecule has 0 radical (unpaired) electrons. The van der Waals surface area contributed by atoms with Gasteiger partial charge in [-0.3, -0.25) is 14.4 Å². The van der Waals surface area contributed by atoms with E-state index in [1.807, 2.05) is 42.6 Å². The van der Waals surface area contributed by atoms with E-state index >= 15 is 0 Å². The van der Waals surface area contributed by atoms with E-state index in [0.29, 0.717) is 57.9 Å². The highest BCUT2D eigenvalue weighted by atomic mass is 35.5. The quantitative estimate of drug-likeness (QED) is 0.182. The Morgan fingerprint density at radius 2 is 1.83 bits per heavy atom. The molecular formula is C34H39Cl2N7O3S. The number of amides is 3. The molecule has 1 aliphatic rings. The number of unbranched alkanes of at least 4 members (excludes halogenated alkanes) is 1. The number of rotatable bonds is 6. The average molecular weight is 697 g/mol. The van der Waals surface area contributed by atoms with Gasteiger partial charge < -0.3 is 31.6 Å². The summed E-state index contributed by atoms with van der Waals surface area (Å²) in [6.07, 6.45) is 5.52. The molecule has 13 heteroatoms. The van der Waals surface area contributed by atoms with E-state index < -0.39 is 18.1 Å². The van der Waals surface area contributed by atoms with Crippen LogP contribution >= 0.6 is 35.0 Å². The number of carbonyl (C=O) groups excluding carboxylic acids is 3. The fourth-order valence-electron chi connectivity index (χ4n) is 5.62. The predicted octanol–water partition coefficient (Wildman–Crippen LogP) is 4.81. The van der Waals surface area contributed by atoms with Crippen molar-refractivity contribution in [2.45, 2.75) is 73.7 Å². The van der Waals surface area contributed by atoms with Crippen LogP contribution in [0, 0.1) is 0 Å². The van der Waals surface area contributed by atoms with E-state index in [-0.39, 0.29) is 30.7 Å². The molecule has 0 bridgehead atoms. The van der Waals surface area contributed by atoms with E-state index in [1.54, 1.807) is 32.3 Å². The number of benzene rings is 2. The fourth-order valence-corrected chi connectivity index (χ4v) is 7.27. The molecule has 2 aromatic heterocycles. The van der Waals surface area contributed by atoms with Gasteiger partial charge in [-0.05, 0) is 73.7 Å². The second-order valence-electron chi connectivity index (χ2n) is 11.6. The molecule has 3 amide bonds. The molecule has 1 aliphatic heterocycles. The number of para-hydroxylation sites is 1. The molecule has 0 fully saturated rings. The van der Waals surface area contributed by atoms with Gasteiger partial charge in [0.15, 0.2) is 0 Å².